The van der Waals surface area contributed by atoms with Gasteiger partial charge in [0.2, 0.25) is 5.82 Å². The molecular weight excluding hydrogens is 274 g/mol. The van der Waals surface area contributed by atoms with E-state index in [0.717, 1.165) is 19.6 Å². The van der Waals surface area contributed by atoms with E-state index in [4.69, 9.17) is 4.74 Å². The van der Waals surface area contributed by atoms with Crippen LogP contribution in [0.2, 0.25) is 0 Å². The van der Waals surface area contributed by atoms with Crippen molar-refractivity contribution in [3.8, 4) is 5.88 Å². The van der Waals surface area contributed by atoms with Gasteiger partial charge >= 0.3 is 5.69 Å². The molecule has 0 bridgehead atoms. The van der Waals surface area contributed by atoms with Crippen LogP contribution < -0.4 is 10.1 Å². The van der Waals surface area contributed by atoms with Crippen molar-refractivity contribution >= 4 is 11.5 Å². The van der Waals surface area contributed by atoms with Gasteiger partial charge in [0, 0.05) is 13.1 Å². The van der Waals surface area contributed by atoms with Crippen LogP contribution in [0, 0.1) is 10.1 Å². The van der Waals surface area contributed by atoms with Crippen molar-refractivity contribution in [2.75, 3.05) is 38.1 Å². The molecule has 1 aliphatic rings. The lowest BCUT2D eigenvalue weighted by molar-refractivity contribution is -0.385. The molecule has 8 nitrogen and oxygen atoms in total. The molecule has 0 radical (unpaired) electrons. The van der Waals surface area contributed by atoms with Crippen molar-refractivity contribution in [3.63, 3.8) is 0 Å². The Balaban J connectivity index is 1.98. The summed E-state index contributed by atoms with van der Waals surface area (Å²) in [4.78, 5) is 20.8. The van der Waals surface area contributed by atoms with Crippen LogP contribution in [0.3, 0.4) is 0 Å². The molecule has 116 valence electrons. The number of anilines is 1. The number of nitrogens with one attached hydrogen (secondary N) is 1. The monoisotopic (exact) mass is 295 g/mol. The molecule has 0 unspecified atom stereocenters. The minimum atomic E-state index is -0.506. The second-order valence-electron chi connectivity index (χ2n) is 4.91. The Kier molecular flexibility index (Phi) is 5.68. The third-order valence-electron chi connectivity index (χ3n) is 3.41. The number of ether oxygens (including phenoxy) is 1. The molecule has 1 aromatic rings. The lowest BCUT2D eigenvalue weighted by atomic mass is 10.1. The fourth-order valence-corrected chi connectivity index (χ4v) is 2.38. The predicted molar refractivity (Wildman–Crippen MR) is 78.6 cm³/mol. The average Bonchev–Trinajstić information content (AvgIpc) is 2.48. The minimum absolute atomic E-state index is 0.0305. The van der Waals surface area contributed by atoms with Crippen LogP contribution >= 0.6 is 0 Å². The lowest BCUT2D eigenvalue weighted by Crippen LogP contribution is -2.33. The van der Waals surface area contributed by atoms with Crippen molar-refractivity contribution in [2.45, 2.75) is 26.2 Å². The second-order valence-corrected chi connectivity index (χ2v) is 4.91. The highest BCUT2D eigenvalue weighted by Gasteiger charge is 2.24. The second kappa shape index (κ2) is 7.72. The summed E-state index contributed by atoms with van der Waals surface area (Å²) >= 11 is 0. The van der Waals surface area contributed by atoms with Crippen LogP contribution in [0.1, 0.15) is 26.2 Å². The molecule has 1 aromatic heterocycles. The van der Waals surface area contributed by atoms with Gasteiger partial charge in [0.25, 0.3) is 5.88 Å². The molecule has 1 saturated heterocycles. The Labute approximate surface area is 123 Å². The minimum Gasteiger partial charge on any atom is -0.471 e. The van der Waals surface area contributed by atoms with Crippen LogP contribution in [-0.2, 0) is 0 Å². The fraction of sp³-hybridized carbons (Fsp3) is 0.692. The zero-order valence-electron chi connectivity index (χ0n) is 12.2. The Bertz CT molecular complexity index is 477. The first-order valence-electron chi connectivity index (χ1n) is 7.30. The highest BCUT2D eigenvalue weighted by Crippen LogP contribution is 2.30. The number of likely N-dealkylation sites (tertiary alicyclic amines) is 1. The van der Waals surface area contributed by atoms with Crippen LogP contribution in [0.25, 0.3) is 0 Å². The molecule has 0 aliphatic carbocycles. The van der Waals surface area contributed by atoms with Crippen molar-refractivity contribution in [1.82, 2.24) is 14.9 Å². The number of rotatable bonds is 7. The van der Waals surface area contributed by atoms with Crippen LogP contribution in [0.5, 0.6) is 5.88 Å². The van der Waals surface area contributed by atoms with Gasteiger partial charge in [-0.3, -0.25) is 15.0 Å². The Hall–Kier alpha value is -1.96. The maximum Gasteiger partial charge on any atom is 0.372 e. The van der Waals surface area contributed by atoms with Gasteiger partial charge in [0.15, 0.2) is 0 Å². The summed E-state index contributed by atoms with van der Waals surface area (Å²) in [5, 5.41) is 14.0. The summed E-state index contributed by atoms with van der Waals surface area (Å²) in [7, 11) is 0. The molecule has 8 heteroatoms. The largest absolute Gasteiger partial charge is 0.471 e. The third-order valence-corrected chi connectivity index (χ3v) is 3.41. The Morgan fingerprint density at radius 1 is 1.38 bits per heavy atom. The summed E-state index contributed by atoms with van der Waals surface area (Å²) in [6.45, 7) is 5.69. The molecule has 0 amide bonds. The van der Waals surface area contributed by atoms with Gasteiger partial charge in [-0.1, -0.05) is 6.42 Å². The van der Waals surface area contributed by atoms with E-state index in [1.807, 2.05) is 6.92 Å². The van der Waals surface area contributed by atoms with E-state index in [2.05, 4.69) is 20.2 Å². The SMILES string of the molecule is CCNc1ncnc(OCCN2CCCCC2)c1[N+](=O)[O-]. The van der Waals surface area contributed by atoms with Crippen molar-refractivity contribution in [1.29, 1.82) is 0 Å². The third kappa shape index (κ3) is 4.25. The normalized spacial score (nSPS) is 15.7. The predicted octanol–water partition coefficient (Wildman–Crippen LogP) is 1.68. The number of piperidine rings is 1. The number of nitrogens with zero attached hydrogens (tertiary/aromatic N) is 4. The summed E-state index contributed by atoms with van der Waals surface area (Å²) < 4.78 is 5.51. The first kappa shape index (κ1) is 15.4. The molecule has 0 atom stereocenters. The fourth-order valence-electron chi connectivity index (χ4n) is 2.38. The maximum atomic E-state index is 11.2. The molecular formula is C13H21N5O3. The topological polar surface area (TPSA) is 93.4 Å². The molecule has 21 heavy (non-hydrogen) atoms. The molecule has 0 spiro atoms. The van der Waals surface area contributed by atoms with E-state index in [1.165, 1.54) is 25.6 Å². The van der Waals surface area contributed by atoms with E-state index in [-0.39, 0.29) is 17.4 Å². The van der Waals surface area contributed by atoms with Gasteiger partial charge in [0.05, 0.1) is 4.92 Å². The molecule has 1 fully saturated rings. The van der Waals surface area contributed by atoms with Gasteiger partial charge < -0.3 is 10.1 Å². The number of aromatic nitrogens is 2. The molecule has 0 aromatic carbocycles. The Morgan fingerprint density at radius 3 is 2.81 bits per heavy atom. The maximum absolute atomic E-state index is 11.2. The van der Waals surface area contributed by atoms with E-state index >= 15 is 0 Å². The number of nitro groups is 1. The number of hydrogen-bond donors (Lipinski definition) is 1. The van der Waals surface area contributed by atoms with Gasteiger partial charge in [-0.15, -0.1) is 0 Å². The van der Waals surface area contributed by atoms with Crippen molar-refractivity contribution in [3.05, 3.63) is 16.4 Å². The van der Waals surface area contributed by atoms with Gasteiger partial charge in [0.1, 0.15) is 12.9 Å². The summed E-state index contributed by atoms with van der Waals surface area (Å²) in [5.74, 6) is 0.230. The highest BCUT2D eigenvalue weighted by atomic mass is 16.6. The van der Waals surface area contributed by atoms with Crippen LogP contribution in [-0.4, -0.2) is 52.6 Å². The molecule has 2 rings (SSSR count). The zero-order valence-corrected chi connectivity index (χ0v) is 12.2. The first-order chi connectivity index (χ1) is 10.2. The van der Waals surface area contributed by atoms with E-state index in [0.29, 0.717) is 13.2 Å². The summed E-state index contributed by atoms with van der Waals surface area (Å²) in [6, 6.07) is 0. The van der Waals surface area contributed by atoms with Gasteiger partial charge in [-0.05, 0) is 32.9 Å². The van der Waals surface area contributed by atoms with Crippen molar-refractivity contribution < 1.29 is 9.66 Å². The Morgan fingerprint density at radius 2 is 2.14 bits per heavy atom. The highest BCUT2D eigenvalue weighted by molar-refractivity contribution is 5.60. The number of hydrogen-bond acceptors (Lipinski definition) is 7. The van der Waals surface area contributed by atoms with E-state index < -0.39 is 4.92 Å². The standard InChI is InChI=1S/C13H21N5O3/c1-2-14-12-11(18(19)20)13(16-10-15-12)21-9-8-17-6-4-3-5-7-17/h10H,2-9H2,1H3,(H,14,15,16). The smallest absolute Gasteiger partial charge is 0.372 e. The molecule has 0 saturated carbocycles. The molecule has 1 N–H and O–H groups in total. The quantitative estimate of drug-likeness (QED) is 0.604. The average molecular weight is 295 g/mol. The molecule has 2 heterocycles. The first-order valence-corrected chi connectivity index (χ1v) is 7.30. The lowest BCUT2D eigenvalue weighted by Gasteiger charge is -2.25. The summed E-state index contributed by atoms with van der Waals surface area (Å²) in [6.07, 6.45) is 4.97. The van der Waals surface area contributed by atoms with Crippen LogP contribution in [0.15, 0.2) is 6.33 Å². The molecule has 1 aliphatic heterocycles. The van der Waals surface area contributed by atoms with Crippen LogP contribution in [0.4, 0.5) is 11.5 Å². The van der Waals surface area contributed by atoms with Crippen molar-refractivity contribution in [2.24, 2.45) is 0 Å². The van der Waals surface area contributed by atoms with E-state index in [1.54, 1.807) is 0 Å². The van der Waals surface area contributed by atoms with Gasteiger partial charge in [-0.25, -0.2) is 4.98 Å². The zero-order chi connectivity index (χ0) is 15.1. The summed E-state index contributed by atoms with van der Waals surface area (Å²) in [5.41, 5.74) is -0.196. The van der Waals surface area contributed by atoms with Gasteiger partial charge in [-0.2, -0.15) is 4.98 Å². The van der Waals surface area contributed by atoms with E-state index in [9.17, 15) is 10.1 Å².